The third-order valence-electron chi connectivity index (χ3n) is 3.34. The molecule has 0 saturated carbocycles. The van der Waals surface area contributed by atoms with Gasteiger partial charge in [-0.3, -0.25) is 9.36 Å². The summed E-state index contributed by atoms with van der Waals surface area (Å²) in [6, 6.07) is 5.03. The van der Waals surface area contributed by atoms with E-state index in [0.717, 1.165) is 12.8 Å². The summed E-state index contributed by atoms with van der Waals surface area (Å²) in [6.45, 7) is 3.95. The van der Waals surface area contributed by atoms with E-state index >= 15 is 0 Å². The Balaban J connectivity index is 2.25. The van der Waals surface area contributed by atoms with Crippen LogP contribution in [0.2, 0.25) is 0 Å². The van der Waals surface area contributed by atoms with Gasteiger partial charge in [0.15, 0.2) is 5.58 Å². The van der Waals surface area contributed by atoms with E-state index in [2.05, 4.69) is 5.32 Å². The zero-order valence-electron chi connectivity index (χ0n) is 11.7. The van der Waals surface area contributed by atoms with Gasteiger partial charge in [0.25, 0.3) is 0 Å². The molecule has 0 saturated heterocycles. The number of nitrogens with zero attached hydrogens (tertiary/aromatic N) is 1. The topological polar surface area (TPSA) is 90.3 Å². The predicted octanol–water partition coefficient (Wildman–Crippen LogP) is 1.48. The van der Waals surface area contributed by atoms with Crippen LogP contribution >= 0.6 is 0 Å². The fraction of sp³-hybridized carbons (Fsp3) is 0.429. The molecule has 2 rings (SSSR count). The number of oxazole rings is 1. The van der Waals surface area contributed by atoms with E-state index in [1.807, 2.05) is 13.8 Å². The molecule has 0 atom stereocenters. The first-order chi connectivity index (χ1) is 9.55. The van der Waals surface area contributed by atoms with E-state index in [1.54, 1.807) is 18.2 Å². The van der Waals surface area contributed by atoms with Gasteiger partial charge in [0.2, 0.25) is 5.91 Å². The molecule has 0 aliphatic heterocycles. The summed E-state index contributed by atoms with van der Waals surface area (Å²) >= 11 is 0. The number of fused-ring (bicyclic) bond motifs is 1. The molecule has 0 aliphatic rings. The number of nitrogens with one attached hydrogen (secondary N) is 1. The van der Waals surface area contributed by atoms with Crippen molar-refractivity contribution in [3.63, 3.8) is 0 Å². The Bertz CT molecular complexity index is 668. The molecule has 0 aliphatic carbocycles. The summed E-state index contributed by atoms with van der Waals surface area (Å²) in [5.41, 5.74) is 7.19. The maximum atomic E-state index is 12.0. The van der Waals surface area contributed by atoms with Crippen molar-refractivity contribution in [1.82, 2.24) is 9.88 Å². The molecule has 3 N–H and O–H groups in total. The minimum atomic E-state index is -0.551. The SMILES string of the molecule is CCC(CC)NC(=O)Cn1c(=O)oc2ccc(N)cc21. The number of nitrogens with two attached hydrogens (primary N) is 1. The molecule has 0 radical (unpaired) electrons. The Hall–Kier alpha value is -2.24. The average Bonchev–Trinajstić information content (AvgIpc) is 2.72. The lowest BCUT2D eigenvalue weighted by Crippen LogP contribution is -2.37. The summed E-state index contributed by atoms with van der Waals surface area (Å²) in [4.78, 5) is 23.8. The summed E-state index contributed by atoms with van der Waals surface area (Å²) < 4.78 is 6.38. The van der Waals surface area contributed by atoms with Crippen LogP contribution in [-0.4, -0.2) is 16.5 Å². The van der Waals surface area contributed by atoms with Crippen molar-refractivity contribution in [2.75, 3.05) is 5.73 Å². The molecule has 2 aromatic rings. The van der Waals surface area contributed by atoms with Crippen LogP contribution in [0.15, 0.2) is 27.4 Å². The van der Waals surface area contributed by atoms with Crippen LogP contribution in [0, 0.1) is 0 Å². The van der Waals surface area contributed by atoms with Gasteiger partial charge in [0.1, 0.15) is 6.54 Å². The van der Waals surface area contributed by atoms with Crippen molar-refractivity contribution in [2.24, 2.45) is 0 Å². The molecule has 108 valence electrons. The van der Waals surface area contributed by atoms with Gasteiger partial charge in [0, 0.05) is 11.7 Å². The normalized spacial score (nSPS) is 11.2. The first kappa shape index (κ1) is 14.2. The van der Waals surface area contributed by atoms with E-state index in [4.69, 9.17) is 10.2 Å². The van der Waals surface area contributed by atoms with Gasteiger partial charge in [-0.05, 0) is 31.0 Å². The molecule has 1 aromatic carbocycles. The van der Waals surface area contributed by atoms with Crippen molar-refractivity contribution in [3.05, 3.63) is 28.7 Å². The third-order valence-corrected chi connectivity index (χ3v) is 3.34. The highest BCUT2D eigenvalue weighted by Crippen LogP contribution is 2.16. The van der Waals surface area contributed by atoms with Gasteiger partial charge in [-0.1, -0.05) is 13.8 Å². The van der Waals surface area contributed by atoms with Crippen molar-refractivity contribution >= 4 is 22.7 Å². The van der Waals surface area contributed by atoms with Crippen LogP contribution in [-0.2, 0) is 11.3 Å². The van der Waals surface area contributed by atoms with E-state index in [0.29, 0.717) is 16.8 Å². The molecule has 20 heavy (non-hydrogen) atoms. The number of nitrogen functional groups attached to an aromatic ring is 1. The highest BCUT2D eigenvalue weighted by atomic mass is 16.4. The van der Waals surface area contributed by atoms with E-state index in [9.17, 15) is 9.59 Å². The third kappa shape index (κ3) is 2.84. The van der Waals surface area contributed by atoms with Gasteiger partial charge in [-0.2, -0.15) is 0 Å². The second-order valence-corrected chi connectivity index (χ2v) is 4.76. The van der Waals surface area contributed by atoms with E-state index in [-0.39, 0.29) is 18.5 Å². The zero-order chi connectivity index (χ0) is 14.7. The summed E-state index contributed by atoms with van der Waals surface area (Å²) in [7, 11) is 0. The monoisotopic (exact) mass is 277 g/mol. The molecular formula is C14H19N3O3. The second kappa shape index (κ2) is 5.81. The lowest BCUT2D eigenvalue weighted by Gasteiger charge is -2.14. The van der Waals surface area contributed by atoms with Crippen LogP contribution in [0.3, 0.4) is 0 Å². The number of hydrogen-bond donors (Lipinski definition) is 2. The van der Waals surface area contributed by atoms with Crippen molar-refractivity contribution in [1.29, 1.82) is 0 Å². The number of rotatable bonds is 5. The number of aromatic nitrogens is 1. The fourth-order valence-corrected chi connectivity index (χ4v) is 2.14. The average molecular weight is 277 g/mol. The molecule has 0 spiro atoms. The zero-order valence-corrected chi connectivity index (χ0v) is 11.7. The minimum Gasteiger partial charge on any atom is -0.408 e. The number of amides is 1. The lowest BCUT2D eigenvalue weighted by atomic mass is 10.2. The smallest absolute Gasteiger partial charge is 0.408 e. The second-order valence-electron chi connectivity index (χ2n) is 4.76. The van der Waals surface area contributed by atoms with Crippen molar-refractivity contribution in [2.45, 2.75) is 39.3 Å². The number of carbonyl (C=O) groups excluding carboxylic acids is 1. The minimum absolute atomic E-state index is 0.0637. The first-order valence-corrected chi connectivity index (χ1v) is 6.73. The Morgan fingerprint density at radius 1 is 1.40 bits per heavy atom. The Kier molecular flexibility index (Phi) is 4.12. The largest absolute Gasteiger partial charge is 0.420 e. The van der Waals surface area contributed by atoms with Crippen molar-refractivity contribution < 1.29 is 9.21 Å². The van der Waals surface area contributed by atoms with Gasteiger partial charge < -0.3 is 15.5 Å². The molecule has 6 nitrogen and oxygen atoms in total. The van der Waals surface area contributed by atoms with Gasteiger partial charge in [-0.15, -0.1) is 0 Å². The van der Waals surface area contributed by atoms with Crippen LogP contribution in [0.5, 0.6) is 0 Å². The lowest BCUT2D eigenvalue weighted by molar-refractivity contribution is -0.122. The number of hydrogen-bond acceptors (Lipinski definition) is 4. The molecule has 0 unspecified atom stereocenters. The van der Waals surface area contributed by atoms with E-state index < -0.39 is 5.76 Å². The molecule has 1 amide bonds. The van der Waals surface area contributed by atoms with Gasteiger partial charge >= 0.3 is 5.76 Å². The number of anilines is 1. The Morgan fingerprint density at radius 3 is 2.75 bits per heavy atom. The Labute approximate surface area is 116 Å². The van der Waals surface area contributed by atoms with Crippen LogP contribution in [0.1, 0.15) is 26.7 Å². The van der Waals surface area contributed by atoms with Gasteiger partial charge in [0.05, 0.1) is 5.52 Å². The van der Waals surface area contributed by atoms with Crippen molar-refractivity contribution in [3.8, 4) is 0 Å². The first-order valence-electron chi connectivity index (χ1n) is 6.73. The predicted molar refractivity (Wildman–Crippen MR) is 77.4 cm³/mol. The molecule has 6 heteroatoms. The molecule has 0 fully saturated rings. The molecule has 1 heterocycles. The van der Waals surface area contributed by atoms with Crippen LogP contribution in [0.25, 0.3) is 11.1 Å². The molecule has 1 aromatic heterocycles. The summed E-state index contributed by atoms with van der Waals surface area (Å²) in [6.07, 6.45) is 1.71. The highest BCUT2D eigenvalue weighted by Gasteiger charge is 2.14. The number of benzene rings is 1. The number of carbonyl (C=O) groups is 1. The quantitative estimate of drug-likeness (QED) is 0.810. The molecular weight excluding hydrogens is 258 g/mol. The highest BCUT2D eigenvalue weighted by molar-refractivity contribution is 5.81. The summed E-state index contributed by atoms with van der Waals surface area (Å²) in [5.74, 6) is -0.753. The molecule has 0 bridgehead atoms. The maximum Gasteiger partial charge on any atom is 0.420 e. The Morgan fingerprint density at radius 2 is 2.10 bits per heavy atom. The standard InChI is InChI=1S/C14H19N3O3/c1-3-10(4-2)16-13(18)8-17-11-7-9(15)5-6-12(11)20-14(17)19/h5-7,10H,3-4,8,15H2,1-2H3,(H,16,18). The fourth-order valence-electron chi connectivity index (χ4n) is 2.14. The summed E-state index contributed by atoms with van der Waals surface area (Å²) in [5, 5.41) is 2.89. The van der Waals surface area contributed by atoms with Gasteiger partial charge in [-0.25, -0.2) is 4.79 Å². The maximum absolute atomic E-state index is 12.0. The van der Waals surface area contributed by atoms with E-state index in [1.165, 1.54) is 4.57 Å². The van der Waals surface area contributed by atoms with Crippen LogP contribution < -0.4 is 16.8 Å². The van der Waals surface area contributed by atoms with Crippen LogP contribution in [0.4, 0.5) is 5.69 Å².